The van der Waals surface area contributed by atoms with Gasteiger partial charge < -0.3 is 68.0 Å². The van der Waals surface area contributed by atoms with Crippen LogP contribution in [0.5, 0.6) is 5.75 Å². The van der Waals surface area contributed by atoms with Crippen molar-refractivity contribution in [1.29, 1.82) is 0 Å². The minimum Gasteiger partial charge on any atom is -0.489 e. The van der Waals surface area contributed by atoms with Gasteiger partial charge in [-0.15, -0.1) is 0 Å². The van der Waals surface area contributed by atoms with Crippen LogP contribution in [0.4, 0.5) is 5.69 Å². The SMILES string of the molecule is CC[C@H](C)[C@@H]1NC(=O)CNC(=O)[C@H]2CC(=O)[C@H]([C@@H](C)[C@@H](O)CO)NC(=O)[C@@H]3CC(O)CN3CC(=O)[C@H](CC(N)=O)CC(=O)C(C[S@@](=O)c3[nH]c4cc(OCc5ccc(NC(=O)[C@H](C)CC(=O)[C@@H](NC(=O)CCN6C(=O)C=CC6=O)C(C)C)cc5)ccc4c3C2)NC(=O)CNC1=O. The normalized spacial score (nSPS) is 24.7. The zero-order chi connectivity index (χ0) is 70.4. The lowest BCUT2D eigenvalue weighted by molar-refractivity contribution is -0.138. The van der Waals surface area contributed by atoms with Crippen molar-refractivity contribution in [3.63, 3.8) is 0 Å². The van der Waals surface area contributed by atoms with Crippen LogP contribution in [0.15, 0.2) is 59.6 Å². The molecule has 5 heterocycles. The number of carbonyl (C=O) groups excluding carboxylic acids is 14. The number of nitrogens with one attached hydrogen (secondary N) is 8. The predicted octanol–water partition coefficient (Wildman–Crippen LogP) is -1.83. The highest BCUT2D eigenvalue weighted by molar-refractivity contribution is 7.85. The van der Waals surface area contributed by atoms with Gasteiger partial charge in [0.15, 0.2) is 23.1 Å². The maximum Gasteiger partial charge on any atom is 0.253 e. The van der Waals surface area contributed by atoms with E-state index in [1.54, 1.807) is 71.0 Å². The number of rotatable bonds is 20. The summed E-state index contributed by atoms with van der Waals surface area (Å²) in [5.74, 6) is -17.0. The van der Waals surface area contributed by atoms with Crippen LogP contribution in [-0.2, 0) is 91.0 Å². The zero-order valence-electron chi connectivity index (χ0n) is 54.3. The number of hydrogen-bond donors (Lipinski definition) is 12. The molecule has 2 aromatic carbocycles. The highest BCUT2D eigenvalue weighted by Gasteiger charge is 2.43. The summed E-state index contributed by atoms with van der Waals surface area (Å²) in [5, 5.41) is 50.4. The van der Waals surface area contributed by atoms with Crippen molar-refractivity contribution in [2.45, 2.75) is 147 Å². The molecule has 7 rings (SSSR count). The molecule has 1 aromatic heterocycles. The second kappa shape index (κ2) is 33.7. The summed E-state index contributed by atoms with van der Waals surface area (Å²) in [6, 6.07) is 4.30. The van der Waals surface area contributed by atoms with Crippen LogP contribution in [0.2, 0.25) is 0 Å². The Morgan fingerprint density at radius 1 is 0.802 bits per heavy atom. The third-order valence-electron chi connectivity index (χ3n) is 17.8. The summed E-state index contributed by atoms with van der Waals surface area (Å²) in [6.45, 7) is 6.26. The Hall–Kier alpha value is -8.91. The number of imide groups is 1. The molecule has 0 aliphatic carbocycles. The fourth-order valence-corrected chi connectivity index (χ4v) is 13.3. The number of aliphatic hydroxyl groups excluding tert-OH is 3. The number of anilines is 1. The molecule has 520 valence electrons. The number of Topliss-reactive ketones (excluding diaryl/α,β-unsaturated/α-hetero) is 4. The van der Waals surface area contributed by atoms with E-state index in [0.717, 1.165) is 17.1 Å². The van der Waals surface area contributed by atoms with Crippen molar-refractivity contribution in [3.05, 3.63) is 65.7 Å². The van der Waals surface area contributed by atoms with Gasteiger partial charge in [0.05, 0.1) is 84.7 Å². The predicted molar refractivity (Wildman–Crippen MR) is 343 cm³/mol. The van der Waals surface area contributed by atoms with Gasteiger partial charge in [-0.05, 0) is 60.1 Å². The number of nitrogens with two attached hydrogens (primary N) is 1. The molecular formula is C65H85N11O19S. The lowest BCUT2D eigenvalue weighted by Gasteiger charge is -2.31. The van der Waals surface area contributed by atoms with Crippen LogP contribution in [0.3, 0.4) is 0 Å². The monoisotopic (exact) mass is 1360 g/mol. The summed E-state index contributed by atoms with van der Waals surface area (Å²) in [6.07, 6.45) is -3.67. The molecule has 31 heteroatoms. The number of carbonyl (C=O) groups is 14. The van der Waals surface area contributed by atoms with Crippen LogP contribution in [0.1, 0.15) is 97.6 Å². The van der Waals surface area contributed by atoms with Gasteiger partial charge in [0.2, 0.25) is 47.3 Å². The van der Waals surface area contributed by atoms with Crippen molar-refractivity contribution in [2.75, 3.05) is 50.4 Å². The number of fused-ring (bicyclic) bond motifs is 5. The van der Waals surface area contributed by atoms with Gasteiger partial charge in [-0.25, -0.2) is 0 Å². The molecule has 13 N–H and O–H groups in total. The maximum atomic E-state index is 15.2. The summed E-state index contributed by atoms with van der Waals surface area (Å²) >= 11 is 0. The van der Waals surface area contributed by atoms with Crippen LogP contribution < -0.4 is 47.7 Å². The van der Waals surface area contributed by atoms with E-state index in [-0.39, 0.29) is 66.7 Å². The van der Waals surface area contributed by atoms with E-state index in [2.05, 4.69) is 42.2 Å². The molecule has 4 aliphatic rings. The largest absolute Gasteiger partial charge is 0.489 e. The van der Waals surface area contributed by atoms with E-state index in [9.17, 15) is 82.4 Å². The molecule has 2 bridgehead atoms. The Morgan fingerprint density at radius 3 is 2.11 bits per heavy atom. The number of ketones is 4. The first-order valence-electron chi connectivity index (χ1n) is 31.9. The number of amides is 10. The van der Waals surface area contributed by atoms with Gasteiger partial charge in [-0.2, -0.15) is 0 Å². The lowest BCUT2D eigenvalue weighted by Crippen LogP contribution is -2.55. The van der Waals surface area contributed by atoms with Crippen LogP contribution in [0, 0.1) is 35.5 Å². The molecule has 0 radical (unpaired) electrons. The molecule has 0 saturated carbocycles. The van der Waals surface area contributed by atoms with Gasteiger partial charge in [0, 0.05) is 98.2 Å². The number of benzene rings is 2. The lowest BCUT2D eigenvalue weighted by atomic mass is 9.85. The van der Waals surface area contributed by atoms with E-state index in [4.69, 9.17) is 10.5 Å². The number of ether oxygens (including phenoxy) is 1. The highest BCUT2D eigenvalue weighted by Crippen LogP contribution is 2.33. The average Bonchev–Trinajstić information content (AvgIpc) is 1.62. The molecular weight excluding hydrogens is 1270 g/mol. The quantitative estimate of drug-likeness (QED) is 0.0554. The number of hydrogen-bond acceptors (Lipinski definition) is 20. The third kappa shape index (κ3) is 19.6. The van der Waals surface area contributed by atoms with Crippen molar-refractivity contribution < 1.29 is 91.4 Å². The molecule has 96 heavy (non-hydrogen) atoms. The molecule has 30 nitrogen and oxygen atoms in total. The molecule has 1 saturated heterocycles. The molecule has 13 atom stereocenters. The highest BCUT2D eigenvalue weighted by atomic mass is 32.2. The molecule has 2 unspecified atom stereocenters. The maximum absolute atomic E-state index is 15.2. The number of aliphatic hydroxyl groups is 3. The molecule has 10 amide bonds. The van der Waals surface area contributed by atoms with Crippen molar-refractivity contribution in [3.8, 4) is 5.75 Å². The Labute approximate surface area is 555 Å². The summed E-state index contributed by atoms with van der Waals surface area (Å²) in [4.78, 5) is 196. The van der Waals surface area contributed by atoms with E-state index in [1.807, 2.05) is 0 Å². The van der Waals surface area contributed by atoms with Crippen LogP contribution in [0.25, 0.3) is 10.9 Å². The van der Waals surface area contributed by atoms with Gasteiger partial charge >= 0.3 is 0 Å². The topological polar surface area (TPSA) is 458 Å². The van der Waals surface area contributed by atoms with Gasteiger partial charge in [0.25, 0.3) is 11.8 Å². The molecule has 4 aliphatic heterocycles. The minimum absolute atomic E-state index is 0.0550. The summed E-state index contributed by atoms with van der Waals surface area (Å²) in [7, 11) is -2.41. The first kappa shape index (κ1) is 74.5. The van der Waals surface area contributed by atoms with Gasteiger partial charge in [0.1, 0.15) is 23.4 Å². The van der Waals surface area contributed by atoms with Crippen molar-refractivity contribution in [2.24, 2.45) is 41.2 Å². The Kier molecular flexibility index (Phi) is 26.1. The number of primary amides is 1. The Bertz CT molecular complexity index is 3540. The smallest absolute Gasteiger partial charge is 0.253 e. The van der Waals surface area contributed by atoms with E-state index < -0.39 is 223 Å². The summed E-state index contributed by atoms with van der Waals surface area (Å²) in [5.41, 5.74) is 7.00. The number of nitrogens with zero attached hydrogens (tertiary/aromatic N) is 2. The van der Waals surface area contributed by atoms with E-state index >= 15 is 4.21 Å². The van der Waals surface area contributed by atoms with Gasteiger partial charge in [-0.3, -0.25) is 81.1 Å². The fourth-order valence-electron chi connectivity index (χ4n) is 11.9. The molecule has 3 aromatic rings. The fraction of sp³-hybridized carbons (Fsp3) is 0.538. The minimum atomic E-state index is -2.41. The zero-order valence-corrected chi connectivity index (χ0v) is 55.1. The molecule has 1 fully saturated rings. The second-order valence-electron chi connectivity index (χ2n) is 25.4. The second-order valence-corrected chi connectivity index (χ2v) is 26.8. The van der Waals surface area contributed by atoms with E-state index in [0.29, 0.717) is 23.1 Å². The average molecular weight is 1360 g/mol. The number of aromatic nitrogens is 1. The van der Waals surface area contributed by atoms with Crippen molar-refractivity contribution in [1.82, 2.24) is 46.7 Å². The first-order chi connectivity index (χ1) is 45.4. The van der Waals surface area contributed by atoms with Crippen molar-refractivity contribution >= 4 is 110 Å². The summed E-state index contributed by atoms with van der Waals surface area (Å²) < 4.78 is 21.4. The van der Waals surface area contributed by atoms with E-state index in [1.165, 1.54) is 17.9 Å². The van der Waals surface area contributed by atoms with Gasteiger partial charge in [-0.1, -0.05) is 60.1 Å². The Balaban J connectivity index is 1.20. The number of aromatic amines is 1. The number of H-pyrrole nitrogens is 1. The first-order valence-corrected chi connectivity index (χ1v) is 33.2. The molecule has 0 spiro atoms. The van der Waals surface area contributed by atoms with Crippen LogP contribution >= 0.6 is 0 Å². The third-order valence-corrected chi connectivity index (χ3v) is 19.2. The Morgan fingerprint density at radius 2 is 1.47 bits per heavy atom. The standard InChI is InChI=1S/C65H85N11O19S/c1-7-33(4)59-64(93)68-25-54(86)70-45-31-96(94)65-43(19-38(62(91)67-26-55(87)73-59)21-49(81)60(35(6)51(83)29-77)74-63(92)46-23-40(78)27-75(46)28-50(82)37(20-47(45)79)22-52(66)84)42-13-12-41(24-44(42)71-65)95-30-36-8-10-39(11-9-36)69-61(90)34(5)18-48(80)58(32(2)3)72-53(85)16-17-76-56(88)14-15-57(76)89/h8-15,24,32-35,37-38,40,45-46,51,58-60,71,77-78,83H,7,16-23,25-31H2,1-6H3,(H2,66,84)(H,67,91)(H,68,93)(H,69,90)(H,70,86)(H,72,85)(H,73,87)(H,74,92)/t33-,34+,35-,37-,38+,40?,45?,46-,51-,58-,59-,60-,96+/m0/s1. The van der Waals surface area contributed by atoms with Crippen LogP contribution in [-0.4, -0.2) is 204 Å².